The molecule has 1 fully saturated rings. The molecule has 3 atom stereocenters. The van der Waals surface area contributed by atoms with Gasteiger partial charge in [0.25, 0.3) is 0 Å². The number of aliphatic imine (C=N–C) groups is 1. The number of methoxy groups -OCH3 is 1. The smallest absolute Gasteiger partial charge is 0.216 e. The summed E-state index contributed by atoms with van der Waals surface area (Å²) in [6, 6.07) is 16.7. The number of hydrogen-bond acceptors (Lipinski definition) is 3. The number of hydrogen-bond donors (Lipinski definition) is 0. The van der Waals surface area contributed by atoms with E-state index in [-0.39, 0.29) is 12.1 Å². The van der Waals surface area contributed by atoms with Gasteiger partial charge in [-0.3, -0.25) is 0 Å². The molecule has 25 heavy (non-hydrogen) atoms. The molecule has 4 rings (SSSR count). The molecule has 2 aromatic rings. The van der Waals surface area contributed by atoms with Gasteiger partial charge in [-0.05, 0) is 61.2 Å². The van der Waals surface area contributed by atoms with Gasteiger partial charge in [-0.15, -0.1) is 0 Å². The van der Waals surface area contributed by atoms with Crippen LogP contribution in [0.2, 0.25) is 0 Å². The lowest BCUT2D eigenvalue weighted by molar-refractivity contribution is 0.0501. The zero-order valence-electron chi connectivity index (χ0n) is 14.3. The van der Waals surface area contributed by atoms with E-state index in [0.717, 1.165) is 28.1 Å². The summed E-state index contributed by atoms with van der Waals surface area (Å²) in [7, 11) is 1.68. The maximum Gasteiger partial charge on any atom is 0.216 e. The van der Waals surface area contributed by atoms with Crippen LogP contribution in [0.25, 0.3) is 0 Å². The van der Waals surface area contributed by atoms with Crippen LogP contribution in [0.3, 0.4) is 0 Å². The maximum absolute atomic E-state index is 6.33. The lowest BCUT2D eigenvalue weighted by Gasteiger charge is -2.39. The molecule has 3 nitrogen and oxygen atoms in total. The molecular formula is C21H22BrNO2. The summed E-state index contributed by atoms with van der Waals surface area (Å²) in [5.74, 6) is 2.08. The number of halogens is 1. The van der Waals surface area contributed by atoms with Crippen molar-refractivity contribution in [1.29, 1.82) is 0 Å². The van der Waals surface area contributed by atoms with Gasteiger partial charge in [0.2, 0.25) is 5.90 Å². The van der Waals surface area contributed by atoms with Crippen molar-refractivity contribution in [3.05, 3.63) is 64.1 Å². The third kappa shape index (κ3) is 3.45. The van der Waals surface area contributed by atoms with Gasteiger partial charge in [0.1, 0.15) is 11.9 Å². The number of ether oxygens (including phenoxy) is 2. The molecule has 0 unspecified atom stereocenters. The van der Waals surface area contributed by atoms with Gasteiger partial charge in [-0.1, -0.05) is 34.5 Å². The zero-order chi connectivity index (χ0) is 17.2. The zero-order valence-corrected chi connectivity index (χ0v) is 15.9. The molecule has 0 spiro atoms. The Balaban J connectivity index is 1.71. The SMILES string of the molecule is COc1ccc(C2=N[C@@H](c3ccc(Br)cc3)[C@@H]3CCCC[C@@H]3O2)cc1. The third-order valence-corrected chi connectivity index (χ3v) is 5.76. The fraction of sp³-hybridized carbons (Fsp3) is 0.381. The fourth-order valence-electron chi connectivity index (χ4n) is 3.89. The monoisotopic (exact) mass is 399 g/mol. The van der Waals surface area contributed by atoms with Gasteiger partial charge in [-0.2, -0.15) is 0 Å². The summed E-state index contributed by atoms with van der Waals surface area (Å²) in [5.41, 5.74) is 2.29. The molecule has 0 bridgehead atoms. The third-order valence-electron chi connectivity index (χ3n) is 5.23. The van der Waals surface area contributed by atoms with Crippen LogP contribution in [0, 0.1) is 5.92 Å². The first-order valence-corrected chi connectivity index (χ1v) is 9.68. The molecule has 0 amide bonds. The van der Waals surface area contributed by atoms with Crippen LogP contribution in [0.5, 0.6) is 5.75 Å². The molecular weight excluding hydrogens is 378 g/mol. The van der Waals surface area contributed by atoms with E-state index in [2.05, 4.69) is 40.2 Å². The molecule has 1 aliphatic heterocycles. The van der Waals surface area contributed by atoms with Gasteiger partial charge in [-0.25, -0.2) is 4.99 Å². The second-order valence-electron chi connectivity index (χ2n) is 6.76. The molecule has 2 aromatic carbocycles. The van der Waals surface area contributed by atoms with Gasteiger partial charge >= 0.3 is 0 Å². The molecule has 0 N–H and O–H groups in total. The number of nitrogens with zero attached hydrogens (tertiary/aromatic N) is 1. The second-order valence-corrected chi connectivity index (χ2v) is 7.68. The average molecular weight is 400 g/mol. The van der Waals surface area contributed by atoms with Gasteiger partial charge in [0.05, 0.1) is 13.2 Å². The summed E-state index contributed by atoms with van der Waals surface area (Å²) < 4.78 is 12.7. The molecule has 0 aromatic heterocycles. The minimum atomic E-state index is 0.171. The van der Waals surface area contributed by atoms with Gasteiger partial charge in [0, 0.05) is 16.0 Å². The summed E-state index contributed by atoms with van der Waals surface area (Å²) in [6.07, 6.45) is 5.07. The maximum atomic E-state index is 6.33. The minimum Gasteiger partial charge on any atom is -0.497 e. The Morgan fingerprint density at radius 1 is 1.00 bits per heavy atom. The highest BCUT2D eigenvalue weighted by Crippen LogP contribution is 2.42. The second kappa shape index (κ2) is 7.20. The quantitative estimate of drug-likeness (QED) is 0.678. The molecule has 130 valence electrons. The standard InChI is InChI=1S/C21H22BrNO2/c1-24-17-12-8-15(9-13-17)21-23-20(14-6-10-16(22)11-7-14)18-4-2-3-5-19(18)25-21/h6-13,18-20H,2-5H2,1H3/t18-,19+,20+/m1/s1. The van der Waals surface area contributed by atoms with Crippen molar-refractivity contribution < 1.29 is 9.47 Å². The summed E-state index contributed by atoms with van der Waals surface area (Å²) >= 11 is 3.53. The van der Waals surface area contributed by atoms with Crippen molar-refractivity contribution >= 4 is 21.8 Å². The first-order chi connectivity index (χ1) is 12.2. The van der Waals surface area contributed by atoms with Crippen molar-refractivity contribution in [2.45, 2.75) is 37.8 Å². The molecule has 0 saturated heterocycles. The van der Waals surface area contributed by atoms with E-state index in [0.29, 0.717) is 5.92 Å². The minimum absolute atomic E-state index is 0.171. The summed E-state index contributed by atoms with van der Waals surface area (Å²) in [4.78, 5) is 5.03. The van der Waals surface area contributed by atoms with Crippen molar-refractivity contribution in [1.82, 2.24) is 0 Å². The first kappa shape index (κ1) is 16.6. The molecule has 1 heterocycles. The van der Waals surface area contributed by atoms with E-state index in [4.69, 9.17) is 14.5 Å². The molecule has 1 aliphatic carbocycles. The average Bonchev–Trinajstić information content (AvgIpc) is 2.68. The van der Waals surface area contributed by atoms with Crippen molar-refractivity contribution in [2.75, 3.05) is 7.11 Å². The largest absolute Gasteiger partial charge is 0.497 e. The Labute approximate surface area is 157 Å². The number of rotatable bonds is 3. The van der Waals surface area contributed by atoms with E-state index in [1.54, 1.807) is 7.11 Å². The van der Waals surface area contributed by atoms with E-state index in [1.807, 2.05) is 24.3 Å². The predicted octanol–water partition coefficient (Wildman–Crippen LogP) is 5.53. The Bertz CT molecular complexity index is 754. The molecule has 4 heteroatoms. The number of benzene rings is 2. The van der Waals surface area contributed by atoms with E-state index in [1.165, 1.54) is 24.8 Å². The van der Waals surface area contributed by atoms with Crippen LogP contribution < -0.4 is 4.74 Å². The predicted molar refractivity (Wildman–Crippen MR) is 103 cm³/mol. The Morgan fingerprint density at radius 2 is 1.72 bits per heavy atom. The van der Waals surface area contributed by atoms with E-state index in [9.17, 15) is 0 Å². The van der Waals surface area contributed by atoms with Crippen LogP contribution >= 0.6 is 15.9 Å². The van der Waals surface area contributed by atoms with Crippen molar-refractivity contribution in [3.63, 3.8) is 0 Å². The van der Waals surface area contributed by atoms with Crippen molar-refractivity contribution in [3.8, 4) is 5.75 Å². The molecule has 1 saturated carbocycles. The van der Waals surface area contributed by atoms with Crippen LogP contribution in [0.15, 0.2) is 58.0 Å². The fourth-order valence-corrected chi connectivity index (χ4v) is 4.15. The summed E-state index contributed by atoms with van der Waals surface area (Å²) in [6.45, 7) is 0. The summed E-state index contributed by atoms with van der Waals surface area (Å²) in [5, 5.41) is 0. The van der Waals surface area contributed by atoms with E-state index >= 15 is 0 Å². The Hall–Kier alpha value is -1.81. The van der Waals surface area contributed by atoms with Gasteiger partial charge < -0.3 is 9.47 Å². The van der Waals surface area contributed by atoms with Crippen LogP contribution in [0.4, 0.5) is 0 Å². The van der Waals surface area contributed by atoms with Crippen LogP contribution in [-0.4, -0.2) is 19.1 Å². The number of fused-ring (bicyclic) bond motifs is 1. The first-order valence-electron chi connectivity index (χ1n) is 8.89. The van der Waals surface area contributed by atoms with Gasteiger partial charge in [0.15, 0.2) is 0 Å². The van der Waals surface area contributed by atoms with Crippen LogP contribution in [-0.2, 0) is 4.74 Å². The highest BCUT2D eigenvalue weighted by molar-refractivity contribution is 9.10. The Kier molecular flexibility index (Phi) is 4.80. The lowest BCUT2D eigenvalue weighted by Crippen LogP contribution is -2.38. The Morgan fingerprint density at radius 3 is 2.44 bits per heavy atom. The highest BCUT2D eigenvalue weighted by Gasteiger charge is 2.38. The van der Waals surface area contributed by atoms with Crippen molar-refractivity contribution in [2.24, 2.45) is 10.9 Å². The highest BCUT2D eigenvalue weighted by atomic mass is 79.9. The molecule has 2 aliphatic rings. The van der Waals surface area contributed by atoms with E-state index < -0.39 is 0 Å². The topological polar surface area (TPSA) is 30.8 Å². The van der Waals surface area contributed by atoms with Crippen LogP contribution in [0.1, 0.15) is 42.9 Å². The molecule has 0 radical (unpaired) electrons. The normalized spacial score (nSPS) is 25.5. The lowest BCUT2D eigenvalue weighted by atomic mass is 9.78.